The van der Waals surface area contributed by atoms with Crippen molar-refractivity contribution in [3.8, 4) is 16.9 Å². The van der Waals surface area contributed by atoms with Gasteiger partial charge in [0, 0.05) is 22.5 Å². The molecule has 3 N–H and O–H groups in total. The zero-order valence-corrected chi connectivity index (χ0v) is 16.1. The lowest BCUT2D eigenvalue weighted by molar-refractivity contribution is 0.415. The second-order valence-electron chi connectivity index (χ2n) is 6.96. The molecule has 1 unspecified atom stereocenters. The molecule has 1 aromatic carbocycles. The Morgan fingerprint density at radius 1 is 1.41 bits per heavy atom. The molecule has 0 aliphatic heterocycles. The molecule has 142 valence electrons. The third kappa shape index (κ3) is 2.71. The molecule has 3 aromatic rings. The van der Waals surface area contributed by atoms with E-state index in [0.717, 1.165) is 17.7 Å². The van der Waals surface area contributed by atoms with Gasteiger partial charge < -0.3 is 10.5 Å². The van der Waals surface area contributed by atoms with Crippen LogP contribution in [0.15, 0.2) is 21.0 Å². The summed E-state index contributed by atoms with van der Waals surface area (Å²) in [5.74, 6) is -0.322. The average Bonchev–Trinajstić information content (AvgIpc) is 3.32. The number of ether oxygens (including phenoxy) is 1. The summed E-state index contributed by atoms with van der Waals surface area (Å²) in [5, 5.41) is 1.97. The molecule has 4 rings (SSSR count). The Bertz CT molecular complexity index is 1170. The average molecular weight is 389 g/mol. The second-order valence-corrected chi connectivity index (χ2v) is 7.90. The maximum Gasteiger partial charge on any atom is 0.329 e. The monoisotopic (exact) mass is 389 g/mol. The van der Waals surface area contributed by atoms with Gasteiger partial charge in [-0.1, -0.05) is 0 Å². The third-order valence-corrected chi connectivity index (χ3v) is 6.12. The maximum absolute atomic E-state index is 15.4. The molecule has 0 amide bonds. The first-order chi connectivity index (χ1) is 12.8. The van der Waals surface area contributed by atoms with Crippen molar-refractivity contribution in [2.75, 3.05) is 7.11 Å². The molecule has 2 heterocycles. The first-order valence-corrected chi connectivity index (χ1v) is 9.62. The van der Waals surface area contributed by atoms with Crippen molar-refractivity contribution in [3.63, 3.8) is 0 Å². The van der Waals surface area contributed by atoms with E-state index in [4.69, 9.17) is 10.5 Å². The van der Waals surface area contributed by atoms with E-state index in [1.54, 1.807) is 6.92 Å². The summed E-state index contributed by atoms with van der Waals surface area (Å²) in [6, 6.07) is 1.64. The van der Waals surface area contributed by atoms with Gasteiger partial charge in [0.15, 0.2) is 5.75 Å². The molecular weight excluding hydrogens is 369 g/mol. The quantitative estimate of drug-likeness (QED) is 0.717. The molecule has 8 heteroatoms. The van der Waals surface area contributed by atoms with Gasteiger partial charge in [0.05, 0.1) is 18.1 Å². The minimum absolute atomic E-state index is 0.00874. The molecule has 6 nitrogen and oxygen atoms in total. The van der Waals surface area contributed by atoms with E-state index in [1.807, 2.05) is 18.4 Å². The van der Waals surface area contributed by atoms with Crippen LogP contribution in [0.3, 0.4) is 0 Å². The largest absolute Gasteiger partial charge is 0.494 e. The van der Waals surface area contributed by atoms with E-state index in [2.05, 4.69) is 4.98 Å². The third-order valence-electron chi connectivity index (χ3n) is 4.98. The fourth-order valence-electron chi connectivity index (χ4n) is 3.50. The highest BCUT2D eigenvalue weighted by atomic mass is 32.1. The van der Waals surface area contributed by atoms with Crippen molar-refractivity contribution in [2.45, 2.75) is 38.8 Å². The predicted octanol–water partition coefficient (Wildman–Crippen LogP) is 3.23. The van der Waals surface area contributed by atoms with Gasteiger partial charge >= 0.3 is 5.69 Å². The van der Waals surface area contributed by atoms with Crippen LogP contribution in [0.4, 0.5) is 4.39 Å². The summed E-state index contributed by atoms with van der Waals surface area (Å²) in [4.78, 5) is 28.2. The van der Waals surface area contributed by atoms with Crippen molar-refractivity contribution < 1.29 is 9.13 Å². The van der Waals surface area contributed by atoms with Crippen LogP contribution in [0.2, 0.25) is 0 Å². The zero-order chi connectivity index (χ0) is 19.5. The first kappa shape index (κ1) is 17.9. The van der Waals surface area contributed by atoms with Crippen LogP contribution in [0.1, 0.15) is 42.3 Å². The van der Waals surface area contributed by atoms with Crippen molar-refractivity contribution >= 4 is 22.2 Å². The summed E-state index contributed by atoms with van der Waals surface area (Å²) in [6.07, 6.45) is 1.67. The fraction of sp³-hybridized carbons (Fsp3) is 0.368. The van der Waals surface area contributed by atoms with Gasteiger partial charge in [0.2, 0.25) is 0 Å². The van der Waals surface area contributed by atoms with Gasteiger partial charge in [-0.3, -0.25) is 14.3 Å². The highest BCUT2D eigenvalue weighted by molar-refractivity contribution is 7.10. The Hall–Kier alpha value is -2.45. The number of nitrogens with one attached hydrogen (secondary N) is 1. The van der Waals surface area contributed by atoms with Gasteiger partial charge in [0.25, 0.3) is 5.56 Å². The van der Waals surface area contributed by atoms with Crippen LogP contribution >= 0.6 is 11.3 Å². The fourth-order valence-corrected chi connectivity index (χ4v) is 4.35. The molecule has 0 spiro atoms. The Morgan fingerprint density at radius 3 is 2.67 bits per heavy atom. The standard InChI is InChI=1S/C19H20FN3O3S/c1-8-13-16(23(11-4-5-11)19(25)22-18(13)24)17(26-3)14(15(8)20)10-6-12(9(2)21)27-7-10/h6-7,9,11H,4-5,21H2,1-3H3,(H,22,24,25). The van der Waals surface area contributed by atoms with E-state index in [0.29, 0.717) is 11.1 Å². The lowest BCUT2D eigenvalue weighted by Gasteiger charge is -2.18. The highest BCUT2D eigenvalue weighted by Gasteiger charge is 2.31. The Kier molecular flexibility index (Phi) is 4.20. The van der Waals surface area contributed by atoms with Gasteiger partial charge in [0.1, 0.15) is 11.3 Å². The van der Waals surface area contributed by atoms with Crippen molar-refractivity contribution in [3.05, 3.63) is 48.5 Å². The van der Waals surface area contributed by atoms with E-state index in [1.165, 1.54) is 23.0 Å². The minimum atomic E-state index is -0.602. The lowest BCUT2D eigenvalue weighted by Crippen LogP contribution is -2.31. The number of hydrogen-bond donors (Lipinski definition) is 2. The second kappa shape index (κ2) is 6.31. The van der Waals surface area contributed by atoms with E-state index >= 15 is 4.39 Å². The van der Waals surface area contributed by atoms with Gasteiger partial charge in [-0.25, -0.2) is 9.18 Å². The number of fused-ring (bicyclic) bond motifs is 1. The van der Waals surface area contributed by atoms with Gasteiger partial charge in [-0.15, -0.1) is 11.3 Å². The number of H-pyrrole nitrogens is 1. The van der Waals surface area contributed by atoms with Crippen LogP contribution in [0.25, 0.3) is 22.0 Å². The van der Waals surface area contributed by atoms with Crippen molar-refractivity contribution in [2.24, 2.45) is 5.73 Å². The summed E-state index contributed by atoms with van der Waals surface area (Å²) in [5.41, 5.74) is 6.28. The molecule has 1 atom stereocenters. The number of aromatic nitrogens is 2. The predicted molar refractivity (Wildman–Crippen MR) is 104 cm³/mol. The zero-order valence-electron chi connectivity index (χ0n) is 15.3. The number of rotatable bonds is 4. The molecule has 0 radical (unpaired) electrons. The van der Waals surface area contributed by atoms with E-state index in [-0.39, 0.29) is 34.3 Å². The van der Waals surface area contributed by atoms with Gasteiger partial charge in [-0.05, 0) is 43.7 Å². The highest BCUT2D eigenvalue weighted by Crippen LogP contribution is 2.44. The smallest absolute Gasteiger partial charge is 0.329 e. The Balaban J connectivity index is 2.17. The number of aromatic amines is 1. The van der Waals surface area contributed by atoms with Crippen molar-refractivity contribution in [1.29, 1.82) is 0 Å². The topological polar surface area (TPSA) is 90.1 Å². The summed E-state index contributed by atoms with van der Waals surface area (Å²) in [7, 11) is 1.43. The molecule has 1 aliphatic rings. The number of aryl methyl sites for hydroxylation is 1. The van der Waals surface area contributed by atoms with Crippen LogP contribution in [0.5, 0.6) is 5.75 Å². The molecule has 1 aliphatic carbocycles. The molecule has 0 bridgehead atoms. The number of hydrogen-bond acceptors (Lipinski definition) is 5. The number of halogens is 1. The molecule has 27 heavy (non-hydrogen) atoms. The normalized spacial score (nSPS) is 15.3. The Morgan fingerprint density at radius 2 is 2.11 bits per heavy atom. The molecule has 1 saturated carbocycles. The first-order valence-electron chi connectivity index (χ1n) is 8.74. The number of methoxy groups -OCH3 is 1. The molecule has 0 saturated heterocycles. The number of nitrogens with two attached hydrogens (primary N) is 1. The number of nitrogens with zero attached hydrogens (tertiary/aromatic N) is 1. The van der Waals surface area contributed by atoms with Crippen LogP contribution < -0.4 is 21.7 Å². The maximum atomic E-state index is 15.4. The van der Waals surface area contributed by atoms with Gasteiger partial charge in [-0.2, -0.15) is 0 Å². The minimum Gasteiger partial charge on any atom is -0.494 e. The van der Waals surface area contributed by atoms with E-state index in [9.17, 15) is 9.59 Å². The van der Waals surface area contributed by atoms with Crippen LogP contribution in [-0.4, -0.2) is 16.7 Å². The lowest BCUT2D eigenvalue weighted by atomic mass is 9.99. The molecule has 1 fully saturated rings. The number of thiophene rings is 1. The molecule has 2 aromatic heterocycles. The Labute approximate surface area is 158 Å². The van der Waals surface area contributed by atoms with Crippen LogP contribution in [-0.2, 0) is 0 Å². The summed E-state index contributed by atoms with van der Waals surface area (Å²) in [6.45, 7) is 3.41. The summed E-state index contributed by atoms with van der Waals surface area (Å²) >= 11 is 1.44. The van der Waals surface area contributed by atoms with Crippen LogP contribution in [0, 0.1) is 12.7 Å². The number of benzene rings is 1. The molecular formula is C19H20FN3O3S. The SMILES string of the molecule is COc1c(-c2csc(C(C)N)c2)c(F)c(C)c2c(=O)[nH]c(=O)n(C3CC3)c12. The summed E-state index contributed by atoms with van der Waals surface area (Å²) < 4.78 is 22.5. The van der Waals surface area contributed by atoms with Crippen molar-refractivity contribution in [1.82, 2.24) is 9.55 Å². The van der Waals surface area contributed by atoms with E-state index < -0.39 is 17.1 Å².